The lowest BCUT2D eigenvalue weighted by Gasteiger charge is -2.08. The Morgan fingerprint density at radius 2 is 2.10 bits per heavy atom. The Hall–Kier alpha value is -2.91. The summed E-state index contributed by atoms with van der Waals surface area (Å²) >= 11 is 2.88. The molecule has 0 aliphatic heterocycles. The van der Waals surface area contributed by atoms with E-state index < -0.39 is 5.63 Å². The van der Waals surface area contributed by atoms with Gasteiger partial charge < -0.3 is 13.7 Å². The highest BCUT2D eigenvalue weighted by molar-refractivity contribution is 7.99. The van der Waals surface area contributed by atoms with E-state index in [0.29, 0.717) is 22.8 Å². The first-order chi connectivity index (χ1) is 15.1. The van der Waals surface area contributed by atoms with Crippen molar-refractivity contribution in [3.05, 3.63) is 63.3 Å². The highest BCUT2D eigenvalue weighted by Gasteiger charge is 2.16. The zero-order valence-corrected chi connectivity index (χ0v) is 18.8. The Labute approximate surface area is 187 Å². The average Bonchev–Trinajstić information content (AvgIpc) is 3.44. The van der Waals surface area contributed by atoms with Gasteiger partial charge in [0.2, 0.25) is 0 Å². The number of thioether (sulfide) groups is 1. The summed E-state index contributed by atoms with van der Waals surface area (Å²) in [5.41, 5.74) is 1.75. The summed E-state index contributed by atoms with van der Waals surface area (Å²) in [4.78, 5) is 25.3. The molecule has 0 amide bonds. The van der Waals surface area contributed by atoms with Crippen LogP contribution in [-0.4, -0.2) is 26.5 Å². The van der Waals surface area contributed by atoms with Gasteiger partial charge in [-0.15, -0.1) is 21.5 Å². The number of hydrogen-bond acceptors (Lipinski definition) is 8. The summed E-state index contributed by atoms with van der Waals surface area (Å²) in [5.74, 6) is 0.504. The van der Waals surface area contributed by atoms with Crippen molar-refractivity contribution < 1.29 is 13.9 Å². The number of hydrogen-bond donors (Lipinski definition) is 0. The topological polar surface area (TPSA) is 87.2 Å². The highest BCUT2D eigenvalue weighted by Crippen LogP contribution is 2.27. The molecule has 0 unspecified atom stereocenters. The molecule has 0 aliphatic rings. The van der Waals surface area contributed by atoms with Gasteiger partial charge in [-0.25, -0.2) is 4.79 Å². The standard InChI is InChI=1S/C22H21N3O4S2/c1-3-14-7-8-16-15(11-19(26)29-17(16)10-14)12-28-20(27)13-31-22-24-23-21(25(22)4-2)18-6-5-9-30-18/h5-11H,3-4,12-13H2,1-2H3. The Morgan fingerprint density at radius 3 is 2.84 bits per heavy atom. The molecule has 0 spiro atoms. The van der Waals surface area contributed by atoms with Crippen molar-refractivity contribution in [2.45, 2.75) is 38.6 Å². The second-order valence-electron chi connectivity index (χ2n) is 6.75. The smallest absolute Gasteiger partial charge is 0.336 e. The molecule has 31 heavy (non-hydrogen) atoms. The third-order valence-corrected chi connectivity index (χ3v) is 6.59. The molecule has 0 N–H and O–H groups in total. The van der Waals surface area contributed by atoms with Crippen LogP contribution >= 0.6 is 23.1 Å². The molecule has 0 saturated heterocycles. The number of nitrogens with zero attached hydrogens (tertiary/aromatic N) is 3. The maximum Gasteiger partial charge on any atom is 0.336 e. The van der Waals surface area contributed by atoms with Gasteiger partial charge in [0.1, 0.15) is 12.2 Å². The molecule has 7 nitrogen and oxygen atoms in total. The number of fused-ring (bicyclic) bond motifs is 1. The van der Waals surface area contributed by atoms with Crippen molar-refractivity contribution in [2.24, 2.45) is 0 Å². The number of benzene rings is 1. The minimum Gasteiger partial charge on any atom is -0.460 e. The Balaban J connectivity index is 1.42. The van der Waals surface area contributed by atoms with E-state index in [-0.39, 0.29) is 18.3 Å². The third kappa shape index (κ3) is 4.72. The van der Waals surface area contributed by atoms with Crippen LogP contribution in [0.1, 0.15) is 25.0 Å². The van der Waals surface area contributed by atoms with E-state index in [4.69, 9.17) is 9.15 Å². The first kappa shape index (κ1) is 21.3. The molecular weight excluding hydrogens is 434 g/mol. The maximum atomic E-state index is 12.3. The molecule has 0 fully saturated rings. The van der Waals surface area contributed by atoms with E-state index in [0.717, 1.165) is 28.1 Å². The number of aromatic nitrogens is 3. The molecule has 0 bridgehead atoms. The molecule has 4 aromatic rings. The van der Waals surface area contributed by atoms with Crippen LogP contribution in [-0.2, 0) is 29.1 Å². The first-order valence-electron chi connectivity index (χ1n) is 9.90. The molecule has 4 rings (SSSR count). The van der Waals surface area contributed by atoms with Crippen molar-refractivity contribution >= 4 is 40.0 Å². The van der Waals surface area contributed by atoms with E-state index in [9.17, 15) is 9.59 Å². The normalized spacial score (nSPS) is 11.2. The van der Waals surface area contributed by atoms with E-state index in [2.05, 4.69) is 10.2 Å². The van der Waals surface area contributed by atoms with Crippen LogP contribution in [0, 0.1) is 0 Å². The Kier molecular flexibility index (Phi) is 6.53. The summed E-state index contributed by atoms with van der Waals surface area (Å²) in [6.07, 6.45) is 0.840. The van der Waals surface area contributed by atoms with Crippen molar-refractivity contribution in [1.29, 1.82) is 0 Å². The third-order valence-electron chi connectivity index (χ3n) is 4.79. The van der Waals surface area contributed by atoms with Crippen molar-refractivity contribution in [3.63, 3.8) is 0 Å². The molecule has 3 heterocycles. The molecule has 1 aromatic carbocycles. The number of ether oxygens (including phenoxy) is 1. The van der Waals surface area contributed by atoms with Crippen molar-refractivity contribution in [3.8, 4) is 10.7 Å². The van der Waals surface area contributed by atoms with Gasteiger partial charge in [-0.3, -0.25) is 4.79 Å². The summed E-state index contributed by atoms with van der Waals surface area (Å²) in [6, 6.07) is 11.1. The highest BCUT2D eigenvalue weighted by atomic mass is 32.2. The largest absolute Gasteiger partial charge is 0.460 e. The van der Waals surface area contributed by atoms with Crippen LogP contribution in [0.2, 0.25) is 0 Å². The predicted molar refractivity (Wildman–Crippen MR) is 121 cm³/mol. The Morgan fingerprint density at radius 1 is 1.23 bits per heavy atom. The van der Waals surface area contributed by atoms with Gasteiger partial charge in [0, 0.05) is 23.6 Å². The summed E-state index contributed by atoms with van der Waals surface area (Å²) < 4.78 is 12.7. The Bertz CT molecular complexity index is 1260. The summed E-state index contributed by atoms with van der Waals surface area (Å²) in [6.45, 7) is 4.75. The van der Waals surface area contributed by atoms with Crippen LogP contribution in [0.25, 0.3) is 21.7 Å². The number of carbonyl (C=O) groups excluding carboxylic acids is 1. The molecule has 0 aliphatic carbocycles. The second kappa shape index (κ2) is 9.49. The zero-order valence-electron chi connectivity index (χ0n) is 17.2. The SMILES string of the molecule is CCc1ccc2c(COC(=O)CSc3nnc(-c4cccs4)n3CC)cc(=O)oc2c1. The lowest BCUT2D eigenvalue weighted by Crippen LogP contribution is -2.10. The van der Waals surface area contributed by atoms with Gasteiger partial charge >= 0.3 is 11.6 Å². The number of aryl methyl sites for hydroxylation is 1. The van der Waals surface area contributed by atoms with Crippen molar-refractivity contribution in [1.82, 2.24) is 14.8 Å². The van der Waals surface area contributed by atoms with Gasteiger partial charge in [-0.2, -0.15) is 0 Å². The van der Waals surface area contributed by atoms with Gasteiger partial charge in [-0.05, 0) is 36.4 Å². The quantitative estimate of drug-likeness (QED) is 0.219. The molecule has 0 saturated carbocycles. The lowest BCUT2D eigenvalue weighted by atomic mass is 10.1. The minimum absolute atomic E-state index is 0.00782. The molecule has 0 atom stereocenters. The van der Waals surface area contributed by atoms with E-state index >= 15 is 0 Å². The van der Waals surface area contributed by atoms with Crippen LogP contribution in [0.3, 0.4) is 0 Å². The number of thiophene rings is 1. The fourth-order valence-electron chi connectivity index (χ4n) is 3.21. The lowest BCUT2D eigenvalue weighted by molar-refractivity contribution is -0.141. The molecule has 9 heteroatoms. The van der Waals surface area contributed by atoms with Crippen LogP contribution in [0.15, 0.2) is 56.1 Å². The molecule has 3 aromatic heterocycles. The van der Waals surface area contributed by atoms with Crippen LogP contribution < -0.4 is 5.63 Å². The van der Waals surface area contributed by atoms with E-state index in [1.807, 2.05) is 54.1 Å². The van der Waals surface area contributed by atoms with Crippen molar-refractivity contribution in [2.75, 3.05) is 5.75 Å². The minimum atomic E-state index is -0.460. The van der Waals surface area contributed by atoms with E-state index in [1.54, 1.807) is 11.3 Å². The van der Waals surface area contributed by atoms with E-state index in [1.165, 1.54) is 17.8 Å². The maximum absolute atomic E-state index is 12.3. The second-order valence-corrected chi connectivity index (χ2v) is 8.64. The fraction of sp³-hybridized carbons (Fsp3) is 0.273. The van der Waals surface area contributed by atoms with Crippen LogP contribution in [0.4, 0.5) is 0 Å². The van der Waals surface area contributed by atoms with Crippen LogP contribution in [0.5, 0.6) is 0 Å². The van der Waals surface area contributed by atoms with Gasteiger partial charge in [0.25, 0.3) is 0 Å². The number of carbonyl (C=O) groups is 1. The zero-order chi connectivity index (χ0) is 21.8. The number of esters is 1. The number of rotatable bonds is 8. The summed E-state index contributed by atoms with van der Waals surface area (Å²) in [5, 5.41) is 11.9. The predicted octanol–water partition coefficient (Wildman–Crippen LogP) is 4.53. The van der Waals surface area contributed by atoms with Gasteiger partial charge in [0.15, 0.2) is 11.0 Å². The van der Waals surface area contributed by atoms with Gasteiger partial charge in [0.05, 0.1) is 10.6 Å². The summed E-state index contributed by atoms with van der Waals surface area (Å²) in [7, 11) is 0. The molecule has 0 radical (unpaired) electrons. The van der Waals surface area contributed by atoms with Gasteiger partial charge in [-0.1, -0.05) is 36.9 Å². The molecule has 160 valence electrons. The monoisotopic (exact) mass is 455 g/mol. The average molecular weight is 456 g/mol. The fourth-order valence-corrected chi connectivity index (χ4v) is 4.72. The first-order valence-corrected chi connectivity index (χ1v) is 11.8. The molecular formula is C22H21N3O4S2.